The second kappa shape index (κ2) is 6.53. The average Bonchev–Trinajstić information content (AvgIpc) is 2.98. The third kappa shape index (κ3) is 3.49. The highest BCUT2D eigenvalue weighted by molar-refractivity contribution is 7.15. The van der Waals surface area contributed by atoms with Crippen LogP contribution in [0.5, 0.6) is 5.88 Å². The number of fused-ring (bicyclic) bond motifs is 1. The molecule has 0 amide bonds. The highest BCUT2D eigenvalue weighted by atomic mass is 32.1. The number of aliphatic hydroxyl groups is 1. The Morgan fingerprint density at radius 3 is 3.00 bits per heavy atom. The van der Waals surface area contributed by atoms with Crippen LogP contribution in [0.2, 0.25) is 0 Å². The first kappa shape index (κ1) is 15.2. The summed E-state index contributed by atoms with van der Waals surface area (Å²) in [5, 5.41) is 15.4. The Morgan fingerprint density at radius 1 is 1.50 bits per heavy atom. The maximum Gasteiger partial charge on any atom is 0.237 e. The molecule has 2 aromatic heterocycles. The van der Waals surface area contributed by atoms with Gasteiger partial charge >= 0.3 is 0 Å². The molecular formula is C13H21N3O3S. The number of hydrogen-bond acceptors (Lipinski definition) is 6. The molecule has 2 rings (SSSR count). The first-order valence-electron chi connectivity index (χ1n) is 6.48. The minimum absolute atomic E-state index is 0.483. The van der Waals surface area contributed by atoms with Crippen molar-refractivity contribution >= 4 is 16.3 Å². The lowest BCUT2D eigenvalue weighted by molar-refractivity contribution is 0.0246. The van der Waals surface area contributed by atoms with Gasteiger partial charge in [-0.2, -0.15) is 4.98 Å². The molecule has 1 atom stereocenters. The summed E-state index contributed by atoms with van der Waals surface area (Å²) in [6.45, 7) is 3.41. The van der Waals surface area contributed by atoms with Gasteiger partial charge in [0.1, 0.15) is 5.69 Å². The third-order valence-electron chi connectivity index (χ3n) is 3.16. The number of ether oxygens (including phenoxy) is 2. The van der Waals surface area contributed by atoms with E-state index in [9.17, 15) is 5.11 Å². The third-order valence-corrected chi connectivity index (χ3v) is 3.92. The quantitative estimate of drug-likeness (QED) is 0.768. The van der Waals surface area contributed by atoms with Gasteiger partial charge in [-0.05, 0) is 6.92 Å². The summed E-state index contributed by atoms with van der Waals surface area (Å²) < 4.78 is 12.3. The molecule has 0 saturated carbocycles. The number of hydrogen-bond donors (Lipinski definition) is 2. The highest BCUT2D eigenvalue weighted by Crippen LogP contribution is 2.23. The highest BCUT2D eigenvalue weighted by Gasteiger charge is 2.20. The van der Waals surface area contributed by atoms with Gasteiger partial charge in [-0.1, -0.05) is 0 Å². The van der Waals surface area contributed by atoms with Crippen LogP contribution in [0.4, 0.5) is 0 Å². The van der Waals surface area contributed by atoms with Crippen molar-refractivity contribution in [2.24, 2.45) is 0 Å². The zero-order valence-corrected chi connectivity index (χ0v) is 12.9. The van der Waals surface area contributed by atoms with E-state index in [0.29, 0.717) is 32.0 Å². The summed E-state index contributed by atoms with van der Waals surface area (Å²) >= 11 is 1.57. The first-order valence-corrected chi connectivity index (χ1v) is 7.36. The molecule has 0 fully saturated rings. The molecule has 20 heavy (non-hydrogen) atoms. The van der Waals surface area contributed by atoms with Gasteiger partial charge in [0.25, 0.3) is 0 Å². The van der Waals surface area contributed by atoms with Crippen LogP contribution >= 0.6 is 11.3 Å². The molecule has 0 aliphatic carbocycles. The van der Waals surface area contributed by atoms with Crippen LogP contribution in [0.3, 0.4) is 0 Å². The van der Waals surface area contributed by atoms with Crippen LogP contribution in [0, 0.1) is 0 Å². The van der Waals surface area contributed by atoms with E-state index in [1.807, 2.05) is 16.0 Å². The SMILES string of the molecule is COCCC(C)(O)CNCc1c(OC)nc2sccn12. The van der Waals surface area contributed by atoms with Gasteiger partial charge in [0, 0.05) is 44.8 Å². The molecule has 0 aliphatic heterocycles. The Labute approximate surface area is 122 Å². The van der Waals surface area contributed by atoms with E-state index in [1.54, 1.807) is 32.5 Å². The normalized spacial score (nSPS) is 14.6. The maximum absolute atomic E-state index is 10.2. The molecule has 1 unspecified atom stereocenters. The van der Waals surface area contributed by atoms with Crippen LogP contribution in [-0.4, -0.2) is 47.5 Å². The van der Waals surface area contributed by atoms with Gasteiger partial charge in [0.2, 0.25) is 5.88 Å². The van der Waals surface area contributed by atoms with E-state index in [1.165, 1.54) is 0 Å². The van der Waals surface area contributed by atoms with Gasteiger partial charge < -0.3 is 19.9 Å². The van der Waals surface area contributed by atoms with Crippen molar-refractivity contribution < 1.29 is 14.6 Å². The fourth-order valence-corrected chi connectivity index (χ4v) is 2.72. The zero-order valence-electron chi connectivity index (χ0n) is 12.0. The van der Waals surface area contributed by atoms with Crippen LogP contribution in [0.25, 0.3) is 4.96 Å². The lowest BCUT2D eigenvalue weighted by Gasteiger charge is -2.23. The topological polar surface area (TPSA) is 68.0 Å². The number of thiazole rings is 1. The van der Waals surface area contributed by atoms with Crippen molar-refractivity contribution in [3.05, 3.63) is 17.3 Å². The zero-order chi connectivity index (χ0) is 14.6. The van der Waals surface area contributed by atoms with Crippen molar-refractivity contribution in [1.29, 1.82) is 0 Å². The summed E-state index contributed by atoms with van der Waals surface area (Å²) in [6, 6.07) is 0. The lowest BCUT2D eigenvalue weighted by atomic mass is 10.0. The summed E-state index contributed by atoms with van der Waals surface area (Å²) in [5.41, 5.74) is 0.174. The Kier molecular flexibility index (Phi) is 4.98. The van der Waals surface area contributed by atoms with Gasteiger partial charge in [-0.3, -0.25) is 4.40 Å². The van der Waals surface area contributed by atoms with Crippen LogP contribution in [-0.2, 0) is 11.3 Å². The maximum atomic E-state index is 10.2. The Morgan fingerprint density at radius 2 is 2.30 bits per heavy atom. The molecule has 0 aromatic carbocycles. The summed E-state index contributed by atoms with van der Waals surface area (Å²) in [6.07, 6.45) is 2.56. The van der Waals surface area contributed by atoms with Crippen molar-refractivity contribution in [2.75, 3.05) is 27.4 Å². The van der Waals surface area contributed by atoms with E-state index in [4.69, 9.17) is 9.47 Å². The summed E-state index contributed by atoms with van der Waals surface area (Å²) in [7, 11) is 3.25. The fourth-order valence-electron chi connectivity index (χ4n) is 2.00. The largest absolute Gasteiger partial charge is 0.480 e. The Bertz CT molecular complexity index is 550. The number of rotatable bonds is 8. The molecular weight excluding hydrogens is 278 g/mol. The monoisotopic (exact) mass is 299 g/mol. The van der Waals surface area contributed by atoms with E-state index < -0.39 is 5.60 Å². The molecule has 0 radical (unpaired) electrons. The van der Waals surface area contributed by atoms with Crippen molar-refractivity contribution in [2.45, 2.75) is 25.5 Å². The molecule has 7 heteroatoms. The first-order chi connectivity index (χ1) is 9.57. The smallest absolute Gasteiger partial charge is 0.237 e. The van der Waals surface area contributed by atoms with Gasteiger partial charge in [-0.25, -0.2) is 0 Å². The standard InChI is InChI=1S/C13H21N3O3S/c1-13(17,4-6-18-2)9-14-8-10-11(19-3)15-12-16(10)5-7-20-12/h5,7,14,17H,4,6,8-9H2,1-3H3. The second-order valence-corrected chi connectivity index (χ2v) is 5.84. The minimum Gasteiger partial charge on any atom is -0.480 e. The number of imidazole rings is 1. The van der Waals surface area contributed by atoms with Crippen LogP contribution < -0.4 is 10.1 Å². The van der Waals surface area contributed by atoms with Gasteiger partial charge in [-0.15, -0.1) is 11.3 Å². The molecule has 6 nitrogen and oxygen atoms in total. The fraction of sp³-hybridized carbons (Fsp3) is 0.615. The van der Waals surface area contributed by atoms with Crippen molar-refractivity contribution in [3.8, 4) is 5.88 Å². The number of aromatic nitrogens is 2. The lowest BCUT2D eigenvalue weighted by Crippen LogP contribution is -2.38. The van der Waals surface area contributed by atoms with E-state index in [-0.39, 0.29) is 0 Å². The van der Waals surface area contributed by atoms with Gasteiger partial charge in [0.05, 0.1) is 12.7 Å². The van der Waals surface area contributed by atoms with Crippen LogP contribution in [0.1, 0.15) is 19.0 Å². The minimum atomic E-state index is -0.790. The molecule has 0 aliphatic rings. The predicted octanol–water partition coefficient (Wildman–Crippen LogP) is 1.28. The van der Waals surface area contributed by atoms with E-state index in [2.05, 4.69) is 10.3 Å². The summed E-state index contributed by atoms with van der Waals surface area (Å²) in [4.78, 5) is 5.30. The van der Waals surface area contributed by atoms with Crippen molar-refractivity contribution in [1.82, 2.24) is 14.7 Å². The Balaban J connectivity index is 1.97. The van der Waals surface area contributed by atoms with Crippen molar-refractivity contribution in [3.63, 3.8) is 0 Å². The number of methoxy groups -OCH3 is 2. The molecule has 0 bridgehead atoms. The predicted molar refractivity (Wildman–Crippen MR) is 78.4 cm³/mol. The molecule has 0 saturated heterocycles. The summed E-state index contributed by atoms with van der Waals surface area (Å²) in [5.74, 6) is 0.626. The second-order valence-electron chi connectivity index (χ2n) is 4.97. The van der Waals surface area contributed by atoms with E-state index >= 15 is 0 Å². The molecule has 2 heterocycles. The average molecular weight is 299 g/mol. The number of nitrogens with zero attached hydrogens (tertiary/aromatic N) is 2. The van der Waals surface area contributed by atoms with Gasteiger partial charge in [0.15, 0.2) is 4.96 Å². The van der Waals surface area contributed by atoms with Crippen LogP contribution in [0.15, 0.2) is 11.6 Å². The molecule has 0 spiro atoms. The number of nitrogens with one attached hydrogen (secondary N) is 1. The molecule has 2 N–H and O–H groups in total. The van der Waals surface area contributed by atoms with E-state index in [0.717, 1.165) is 10.7 Å². The molecule has 112 valence electrons. The molecule has 2 aromatic rings. The Hall–Kier alpha value is -1.15.